The standard InChI is InChI=1S/C24H28N2O3S.ClH/c1-16-12-17(2)23-18(13-16)20(27)14-21(29-23)24(28)25-15-19(22-8-7-11-30-22)26-9-5-3-4-6-10-26;/h7-8,11-14,19H,3-6,9-10,15H2,1-2H3,(H,25,28);1H. The monoisotopic (exact) mass is 460 g/mol. The number of nitrogens with zero attached hydrogens (tertiary/aromatic N) is 1. The molecule has 1 unspecified atom stereocenters. The second kappa shape index (κ2) is 10.4. The highest BCUT2D eigenvalue weighted by molar-refractivity contribution is 7.10. The third-order valence-corrected chi connectivity index (χ3v) is 6.76. The molecule has 1 aliphatic rings. The van der Waals surface area contributed by atoms with Crippen molar-refractivity contribution in [2.24, 2.45) is 0 Å². The molecule has 1 amide bonds. The molecule has 0 saturated carbocycles. The smallest absolute Gasteiger partial charge is 0.287 e. The van der Waals surface area contributed by atoms with Crippen LogP contribution in [0.4, 0.5) is 0 Å². The van der Waals surface area contributed by atoms with E-state index in [2.05, 4.69) is 27.7 Å². The fourth-order valence-corrected chi connectivity index (χ4v) is 5.16. The third kappa shape index (κ3) is 5.37. The molecule has 3 heterocycles. The first-order valence-electron chi connectivity index (χ1n) is 10.6. The number of halogens is 1. The number of aryl methyl sites for hydroxylation is 2. The van der Waals surface area contributed by atoms with E-state index < -0.39 is 0 Å². The van der Waals surface area contributed by atoms with E-state index in [0.29, 0.717) is 17.5 Å². The van der Waals surface area contributed by atoms with Crippen LogP contribution in [-0.2, 0) is 0 Å². The Morgan fingerprint density at radius 3 is 2.58 bits per heavy atom. The molecule has 7 heteroatoms. The molecule has 166 valence electrons. The van der Waals surface area contributed by atoms with Crippen LogP contribution in [0, 0.1) is 13.8 Å². The third-order valence-electron chi connectivity index (χ3n) is 5.79. The van der Waals surface area contributed by atoms with E-state index in [1.54, 1.807) is 11.3 Å². The highest BCUT2D eigenvalue weighted by Gasteiger charge is 2.24. The summed E-state index contributed by atoms with van der Waals surface area (Å²) in [4.78, 5) is 29.2. The predicted octanol–water partition coefficient (Wildman–Crippen LogP) is 5.24. The highest BCUT2D eigenvalue weighted by atomic mass is 35.5. The van der Waals surface area contributed by atoms with Gasteiger partial charge in [-0.1, -0.05) is 25.0 Å². The molecule has 3 aromatic rings. The Morgan fingerprint density at radius 2 is 1.90 bits per heavy atom. The van der Waals surface area contributed by atoms with Gasteiger partial charge in [0.05, 0.1) is 11.4 Å². The molecule has 1 N–H and O–H groups in total. The number of likely N-dealkylation sites (tertiary alicyclic amines) is 1. The first kappa shape index (κ1) is 23.5. The maximum absolute atomic E-state index is 12.9. The zero-order chi connectivity index (χ0) is 21.1. The van der Waals surface area contributed by atoms with Crippen LogP contribution in [0.15, 0.2) is 44.9 Å². The van der Waals surface area contributed by atoms with Crippen LogP contribution < -0.4 is 10.7 Å². The van der Waals surface area contributed by atoms with Crippen LogP contribution in [0.5, 0.6) is 0 Å². The second-order valence-corrected chi connectivity index (χ2v) is 9.10. The Balaban J connectivity index is 0.00000272. The van der Waals surface area contributed by atoms with Crippen molar-refractivity contribution in [1.82, 2.24) is 10.2 Å². The molecule has 1 atom stereocenters. The van der Waals surface area contributed by atoms with Crippen LogP contribution in [0.1, 0.15) is 58.3 Å². The van der Waals surface area contributed by atoms with Crippen LogP contribution >= 0.6 is 23.7 Å². The van der Waals surface area contributed by atoms with Crippen molar-refractivity contribution in [2.75, 3.05) is 19.6 Å². The molecular weight excluding hydrogens is 432 g/mol. The zero-order valence-corrected chi connectivity index (χ0v) is 19.6. The van der Waals surface area contributed by atoms with Gasteiger partial charge in [0.15, 0.2) is 11.2 Å². The maximum Gasteiger partial charge on any atom is 0.287 e. The molecule has 0 radical (unpaired) electrons. The van der Waals surface area contributed by atoms with Crippen LogP contribution in [-0.4, -0.2) is 30.4 Å². The molecule has 1 saturated heterocycles. The molecule has 1 aromatic carbocycles. The van der Waals surface area contributed by atoms with Crippen LogP contribution in [0.3, 0.4) is 0 Å². The largest absolute Gasteiger partial charge is 0.450 e. The Bertz CT molecular complexity index is 1090. The number of carbonyl (C=O) groups excluding carboxylic acids is 1. The number of amides is 1. The number of carbonyl (C=O) groups is 1. The van der Waals surface area contributed by atoms with Gasteiger partial charge in [0.1, 0.15) is 5.58 Å². The Morgan fingerprint density at radius 1 is 1.16 bits per heavy atom. The van der Waals surface area contributed by atoms with E-state index in [-0.39, 0.29) is 35.5 Å². The number of benzene rings is 1. The molecule has 1 fully saturated rings. The average Bonchev–Trinajstić information content (AvgIpc) is 3.11. The Labute approximate surface area is 192 Å². The molecule has 31 heavy (non-hydrogen) atoms. The summed E-state index contributed by atoms with van der Waals surface area (Å²) in [6.07, 6.45) is 4.91. The number of hydrogen-bond donors (Lipinski definition) is 1. The van der Waals surface area contributed by atoms with Crippen molar-refractivity contribution < 1.29 is 9.21 Å². The van der Waals surface area contributed by atoms with E-state index in [1.165, 1.54) is 36.6 Å². The van der Waals surface area contributed by atoms with Gasteiger partial charge < -0.3 is 9.73 Å². The lowest BCUT2D eigenvalue weighted by atomic mass is 10.1. The zero-order valence-electron chi connectivity index (χ0n) is 18.0. The van der Waals surface area contributed by atoms with Crippen molar-refractivity contribution >= 4 is 40.6 Å². The van der Waals surface area contributed by atoms with Crippen molar-refractivity contribution in [3.63, 3.8) is 0 Å². The first-order chi connectivity index (χ1) is 14.5. The SMILES string of the molecule is Cc1cc(C)c2oc(C(=O)NCC(c3cccs3)N3CCCCCC3)cc(=O)c2c1.Cl. The number of nitrogens with one attached hydrogen (secondary N) is 1. The van der Waals surface area contributed by atoms with E-state index in [0.717, 1.165) is 24.2 Å². The molecule has 5 nitrogen and oxygen atoms in total. The molecule has 1 aliphatic heterocycles. The summed E-state index contributed by atoms with van der Waals surface area (Å²) in [5.41, 5.74) is 2.16. The summed E-state index contributed by atoms with van der Waals surface area (Å²) in [5, 5.41) is 5.62. The molecule has 0 aliphatic carbocycles. The summed E-state index contributed by atoms with van der Waals surface area (Å²) in [7, 11) is 0. The first-order valence-corrected chi connectivity index (χ1v) is 11.5. The Hall–Kier alpha value is -2.15. The number of hydrogen-bond acceptors (Lipinski definition) is 5. The molecule has 0 spiro atoms. The summed E-state index contributed by atoms with van der Waals surface area (Å²) in [6, 6.07) is 9.40. The lowest BCUT2D eigenvalue weighted by molar-refractivity contribution is 0.0907. The summed E-state index contributed by atoms with van der Waals surface area (Å²) >= 11 is 1.72. The maximum atomic E-state index is 12.9. The van der Waals surface area contributed by atoms with Gasteiger partial charge in [-0.15, -0.1) is 23.7 Å². The van der Waals surface area contributed by atoms with Gasteiger partial charge in [-0.05, 0) is 68.4 Å². The topological polar surface area (TPSA) is 62.6 Å². The van der Waals surface area contributed by atoms with Gasteiger partial charge in [-0.3, -0.25) is 14.5 Å². The minimum Gasteiger partial charge on any atom is -0.450 e. The van der Waals surface area contributed by atoms with E-state index in [4.69, 9.17) is 4.42 Å². The average molecular weight is 461 g/mol. The highest BCUT2D eigenvalue weighted by Crippen LogP contribution is 2.27. The normalized spacial score (nSPS) is 15.8. The minimum absolute atomic E-state index is 0. The van der Waals surface area contributed by atoms with Gasteiger partial charge in [0.2, 0.25) is 0 Å². The lowest BCUT2D eigenvalue weighted by Gasteiger charge is -2.30. The van der Waals surface area contributed by atoms with E-state index >= 15 is 0 Å². The molecule has 2 aromatic heterocycles. The fourth-order valence-electron chi connectivity index (χ4n) is 4.29. The summed E-state index contributed by atoms with van der Waals surface area (Å²) < 4.78 is 5.86. The van der Waals surface area contributed by atoms with Gasteiger partial charge in [0, 0.05) is 17.5 Å². The quantitative estimate of drug-likeness (QED) is 0.565. The van der Waals surface area contributed by atoms with Crippen molar-refractivity contribution in [3.05, 3.63) is 67.7 Å². The van der Waals surface area contributed by atoms with Crippen LogP contribution in [0.25, 0.3) is 11.0 Å². The Kier molecular flexibility index (Phi) is 7.92. The number of rotatable bonds is 5. The summed E-state index contributed by atoms with van der Waals surface area (Å²) in [6.45, 7) is 6.42. The fraction of sp³-hybridized carbons (Fsp3) is 0.417. The van der Waals surface area contributed by atoms with Gasteiger partial charge >= 0.3 is 0 Å². The minimum atomic E-state index is -0.342. The summed E-state index contributed by atoms with van der Waals surface area (Å²) in [5.74, 6) is -0.273. The van der Waals surface area contributed by atoms with Gasteiger partial charge in [-0.25, -0.2) is 0 Å². The van der Waals surface area contributed by atoms with Crippen LogP contribution in [0.2, 0.25) is 0 Å². The predicted molar refractivity (Wildman–Crippen MR) is 129 cm³/mol. The van der Waals surface area contributed by atoms with Gasteiger partial charge in [0.25, 0.3) is 5.91 Å². The number of fused-ring (bicyclic) bond motifs is 1. The van der Waals surface area contributed by atoms with E-state index in [9.17, 15) is 9.59 Å². The second-order valence-electron chi connectivity index (χ2n) is 8.12. The van der Waals surface area contributed by atoms with Crippen molar-refractivity contribution in [1.29, 1.82) is 0 Å². The van der Waals surface area contributed by atoms with E-state index in [1.807, 2.05) is 26.0 Å². The number of thiophene rings is 1. The lowest BCUT2D eigenvalue weighted by Crippen LogP contribution is -2.38. The molecule has 0 bridgehead atoms. The van der Waals surface area contributed by atoms with Gasteiger partial charge in [-0.2, -0.15) is 0 Å². The van der Waals surface area contributed by atoms with Crippen molar-refractivity contribution in [3.8, 4) is 0 Å². The molecule has 4 rings (SSSR count). The van der Waals surface area contributed by atoms with Crippen molar-refractivity contribution in [2.45, 2.75) is 45.6 Å². The molecular formula is C24H29ClN2O3S.